The monoisotopic (exact) mass is 356 g/mol. The lowest BCUT2D eigenvalue weighted by Crippen LogP contribution is -2.70. The molecule has 0 amide bonds. The normalized spacial score (nSPS) is 54.2. The second-order valence-electron chi connectivity index (χ2n) is 9.50. The van der Waals surface area contributed by atoms with E-state index in [1.807, 2.05) is 6.92 Å². The summed E-state index contributed by atoms with van der Waals surface area (Å²) in [6, 6.07) is 0. The predicted molar refractivity (Wildman–Crippen MR) is 91.3 cm³/mol. The molecule has 5 fully saturated rings. The summed E-state index contributed by atoms with van der Waals surface area (Å²) in [5.74, 6) is 0.934. The van der Waals surface area contributed by atoms with Gasteiger partial charge in [0.2, 0.25) is 5.79 Å². The van der Waals surface area contributed by atoms with E-state index in [1.165, 1.54) is 6.42 Å². The van der Waals surface area contributed by atoms with E-state index in [4.69, 9.17) is 23.7 Å². The Morgan fingerprint density at radius 3 is 2.46 bits per heavy atom. The highest BCUT2D eigenvalue weighted by atomic mass is 28.4. The van der Waals surface area contributed by atoms with Crippen molar-refractivity contribution in [3.8, 4) is 0 Å². The van der Waals surface area contributed by atoms with Crippen LogP contribution in [0.1, 0.15) is 46.5 Å². The van der Waals surface area contributed by atoms with Crippen LogP contribution in [-0.2, 0) is 23.7 Å². The Bertz CT molecular complexity index is 508. The van der Waals surface area contributed by atoms with Crippen LogP contribution in [0.15, 0.2) is 0 Å². The van der Waals surface area contributed by atoms with Crippen LogP contribution in [-0.4, -0.2) is 32.3 Å². The van der Waals surface area contributed by atoms with E-state index in [2.05, 4.69) is 33.5 Å². The van der Waals surface area contributed by atoms with Gasteiger partial charge in [-0.15, -0.1) is 0 Å². The van der Waals surface area contributed by atoms with Crippen LogP contribution >= 0.6 is 0 Å². The van der Waals surface area contributed by atoms with Crippen molar-refractivity contribution in [2.75, 3.05) is 0 Å². The fourth-order valence-corrected chi connectivity index (χ4v) is 6.32. The number of hydrogen-bond donors (Lipinski definition) is 0. The fraction of sp³-hybridized carbons (Fsp3) is 1.00. The first kappa shape index (κ1) is 17.4. The number of rotatable bonds is 2. The Kier molecular flexibility index (Phi) is 4.00. The Morgan fingerprint density at radius 2 is 1.75 bits per heavy atom. The van der Waals surface area contributed by atoms with E-state index >= 15 is 0 Å². The van der Waals surface area contributed by atoms with Gasteiger partial charge in [-0.3, -0.25) is 0 Å². The van der Waals surface area contributed by atoms with Gasteiger partial charge < -0.3 is 13.9 Å². The maximum atomic E-state index is 6.42. The van der Waals surface area contributed by atoms with E-state index < -0.39 is 26.0 Å². The fourth-order valence-electron chi connectivity index (χ4n) is 5.36. The van der Waals surface area contributed by atoms with Gasteiger partial charge in [-0.2, -0.15) is 0 Å². The minimum Gasteiger partial charge on any atom is -0.393 e. The minimum absolute atomic E-state index is 0.210. The molecule has 1 saturated carbocycles. The molecule has 0 aromatic rings. The van der Waals surface area contributed by atoms with Gasteiger partial charge in [0.05, 0.1) is 0 Å². The van der Waals surface area contributed by atoms with Gasteiger partial charge in [-0.1, -0.05) is 13.8 Å². The molecule has 4 saturated heterocycles. The summed E-state index contributed by atoms with van der Waals surface area (Å²) in [4.78, 5) is 12.0. The van der Waals surface area contributed by atoms with E-state index in [0.29, 0.717) is 17.8 Å². The third-order valence-corrected chi connectivity index (χ3v) is 7.51. The van der Waals surface area contributed by atoms with Gasteiger partial charge in [-0.25, -0.2) is 9.78 Å². The van der Waals surface area contributed by atoms with Gasteiger partial charge >= 0.3 is 0 Å². The third-order valence-electron chi connectivity index (χ3n) is 6.57. The van der Waals surface area contributed by atoms with Gasteiger partial charge in [0.1, 0.15) is 0 Å². The van der Waals surface area contributed by atoms with E-state index in [1.54, 1.807) is 0 Å². The first-order valence-corrected chi connectivity index (χ1v) is 12.9. The molecular weight excluding hydrogens is 324 g/mol. The van der Waals surface area contributed by atoms with Crippen LogP contribution in [0.25, 0.3) is 0 Å². The molecule has 0 unspecified atom stereocenters. The van der Waals surface area contributed by atoms with Crippen molar-refractivity contribution in [3.05, 3.63) is 0 Å². The molecule has 5 nitrogen and oxygen atoms in total. The first-order chi connectivity index (χ1) is 11.1. The van der Waals surface area contributed by atoms with Gasteiger partial charge in [0.15, 0.2) is 26.5 Å². The molecule has 4 heterocycles. The molecule has 24 heavy (non-hydrogen) atoms. The molecule has 4 aliphatic heterocycles. The summed E-state index contributed by atoms with van der Waals surface area (Å²) in [6.07, 6.45) is 3.67. The number of fused-ring (bicyclic) bond motifs is 2. The Balaban J connectivity index is 1.72. The standard InChI is InChI=1S/C18H32O5Si/c1-11-7-8-14-12(2)15(21-24(4,5)6)19-16-18(14)13(11)9-10-17(3,20-16)22-23-18/h11-16H,7-10H2,1-6H3/t11-,12-,13+,14+,15-,16-,17-,18-/m1/s1. The number of hydrogen-bond acceptors (Lipinski definition) is 5. The van der Waals surface area contributed by atoms with Gasteiger partial charge in [0.25, 0.3) is 0 Å². The first-order valence-electron chi connectivity index (χ1n) is 9.52. The summed E-state index contributed by atoms with van der Waals surface area (Å²) < 4.78 is 19.1. The largest absolute Gasteiger partial charge is 0.393 e. The van der Waals surface area contributed by atoms with Crippen LogP contribution in [0.5, 0.6) is 0 Å². The summed E-state index contributed by atoms with van der Waals surface area (Å²) in [5.41, 5.74) is -0.480. The molecule has 1 aliphatic carbocycles. The number of ether oxygens (including phenoxy) is 2. The predicted octanol–water partition coefficient (Wildman–Crippen LogP) is 4.05. The zero-order chi connectivity index (χ0) is 17.3. The molecule has 6 heteroatoms. The SMILES string of the molecule is C[C@H]1[C@@H](O[Si](C)(C)C)O[C@@H]2O[C@@]3(C)CC[C@H]4[C@H](C)CC[C@@H]1[C@@]24OO3. The van der Waals surface area contributed by atoms with Crippen molar-refractivity contribution < 1.29 is 23.7 Å². The smallest absolute Gasteiger partial charge is 0.201 e. The lowest BCUT2D eigenvalue weighted by Gasteiger charge is -2.60. The molecule has 5 rings (SSSR count). The molecular formula is C18H32O5Si. The highest BCUT2D eigenvalue weighted by molar-refractivity contribution is 6.69. The van der Waals surface area contributed by atoms with E-state index in [0.717, 1.165) is 19.3 Å². The summed E-state index contributed by atoms with van der Waals surface area (Å²) in [7, 11) is -1.71. The average molecular weight is 357 g/mol. The van der Waals surface area contributed by atoms with Crippen LogP contribution in [0.2, 0.25) is 19.6 Å². The molecule has 0 aromatic heterocycles. The molecule has 0 N–H and O–H groups in total. The molecule has 1 spiro atoms. The van der Waals surface area contributed by atoms with E-state index in [-0.39, 0.29) is 12.2 Å². The molecule has 0 aromatic carbocycles. The van der Waals surface area contributed by atoms with Crippen LogP contribution in [0, 0.1) is 23.7 Å². The lowest BCUT2D eigenvalue weighted by atomic mass is 9.58. The molecule has 138 valence electrons. The second-order valence-corrected chi connectivity index (χ2v) is 14.0. The maximum Gasteiger partial charge on any atom is 0.201 e. The Hall–Kier alpha value is 0.0169. The summed E-state index contributed by atoms with van der Waals surface area (Å²) in [5, 5.41) is 0. The Morgan fingerprint density at radius 1 is 1.00 bits per heavy atom. The van der Waals surface area contributed by atoms with Crippen LogP contribution in [0.3, 0.4) is 0 Å². The van der Waals surface area contributed by atoms with Crippen molar-refractivity contribution in [2.45, 2.75) is 90.1 Å². The Labute approximate surface area is 146 Å². The van der Waals surface area contributed by atoms with Crippen molar-refractivity contribution in [2.24, 2.45) is 23.7 Å². The molecule has 0 radical (unpaired) electrons. The second kappa shape index (κ2) is 5.51. The summed E-state index contributed by atoms with van der Waals surface area (Å²) in [6.45, 7) is 13.2. The van der Waals surface area contributed by atoms with E-state index in [9.17, 15) is 0 Å². The highest BCUT2D eigenvalue weighted by Gasteiger charge is 2.69. The van der Waals surface area contributed by atoms with Crippen molar-refractivity contribution in [3.63, 3.8) is 0 Å². The molecule has 2 bridgehead atoms. The topological polar surface area (TPSA) is 46.2 Å². The highest BCUT2D eigenvalue weighted by Crippen LogP contribution is 2.60. The minimum atomic E-state index is -1.71. The molecule has 5 aliphatic rings. The van der Waals surface area contributed by atoms with Gasteiger partial charge in [0, 0.05) is 18.3 Å². The maximum absolute atomic E-state index is 6.42. The van der Waals surface area contributed by atoms with Gasteiger partial charge in [-0.05, 0) is 57.7 Å². The van der Waals surface area contributed by atoms with Crippen LogP contribution in [0.4, 0.5) is 0 Å². The zero-order valence-electron chi connectivity index (χ0n) is 15.8. The third kappa shape index (κ3) is 2.53. The van der Waals surface area contributed by atoms with Crippen molar-refractivity contribution in [1.82, 2.24) is 0 Å². The van der Waals surface area contributed by atoms with Crippen LogP contribution < -0.4 is 0 Å². The lowest BCUT2D eigenvalue weighted by molar-refractivity contribution is -0.576. The molecule has 8 atom stereocenters. The van der Waals surface area contributed by atoms with Crippen molar-refractivity contribution >= 4 is 8.32 Å². The average Bonchev–Trinajstić information content (AvgIpc) is 2.69. The van der Waals surface area contributed by atoms with Crippen molar-refractivity contribution in [1.29, 1.82) is 0 Å². The summed E-state index contributed by atoms with van der Waals surface area (Å²) >= 11 is 0. The quantitative estimate of drug-likeness (QED) is 0.552. The zero-order valence-corrected chi connectivity index (χ0v) is 16.8.